The van der Waals surface area contributed by atoms with Crippen LogP contribution in [0.5, 0.6) is 0 Å². The predicted molar refractivity (Wildman–Crippen MR) is 61.1 cm³/mol. The molecule has 1 atom stereocenters. The number of hydrogen-bond acceptors (Lipinski definition) is 1. The Kier molecular flexibility index (Phi) is 3.90. The van der Waals surface area contributed by atoms with Crippen LogP contribution < -0.4 is 5.32 Å². The number of aryl methyl sites for hydroxylation is 1. The molecule has 1 aromatic rings. The molecule has 1 N–H and O–H groups in total. The summed E-state index contributed by atoms with van der Waals surface area (Å²) < 4.78 is 49.9. The summed E-state index contributed by atoms with van der Waals surface area (Å²) in [7, 11) is 0. The Labute approximate surface area is 103 Å². The number of nitrogens with one attached hydrogen (secondary N) is 1. The molecule has 1 unspecified atom stereocenters. The van der Waals surface area contributed by atoms with Crippen molar-refractivity contribution in [1.82, 2.24) is 5.32 Å². The summed E-state index contributed by atoms with van der Waals surface area (Å²) in [4.78, 5) is 0. The van der Waals surface area contributed by atoms with Gasteiger partial charge in [0.25, 0.3) is 0 Å². The van der Waals surface area contributed by atoms with E-state index in [4.69, 9.17) is 0 Å². The first-order valence-corrected chi connectivity index (χ1v) is 5.98. The van der Waals surface area contributed by atoms with E-state index in [1.165, 1.54) is 0 Å². The number of fused-ring (bicyclic) bond motifs is 1. The summed E-state index contributed by atoms with van der Waals surface area (Å²) in [5.74, 6) is -3.97. The fourth-order valence-electron chi connectivity index (χ4n) is 2.30. The van der Waals surface area contributed by atoms with Gasteiger partial charge >= 0.3 is 12.3 Å². The molecule has 5 heteroatoms. The van der Waals surface area contributed by atoms with Gasteiger partial charge in [-0.3, -0.25) is 0 Å². The van der Waals surface area contributed by atoms with Gasteiger partial charge in [-0.1, -0.05) is 24.3 Å². The van der Waals surface area contributed by atoms with E-state index in [2.05, 4.69) is 5.32 Å². The molecule has 0 aromatic heterocycles. The molecule has 2 rings (SSSR count). The van der Waals surface area contributed by atoms with Crippen molar-refractivity contribution >= 4 is 0 Å². The van der Waals surface area contributed by atoms with Crippen molar-refractivity contribution in [2.45, 2.75) is 37.7 Å². The minimum atomic E-state index is -3.97. The van der Waals surface area contributed by atoms with Crippen molar-refractivity contribution < 1.29 is 17.6 Å². The van der Waals surface area contributed by atoms with Crippen LogP contribution in [0.1, 0.15) is 30.0 Å². The molecule has 0 fully saturated rings. The third-order valence-corrected chi connectivity index (χ3v) is 3.27. The van der Waals surface area contributed by atoms with Gasteiger partial charge in [-0.25, -0.2) is 8.78 Å². The lowest BCUT2D eigenvalue weighted by Gasteiger charge is -2.28. The maximum absolute atomic E-state index is 12.9. The van der Waals surface area contributed by atoms with Gasteiger partial charge in [0.1, 0.15) is 0 Å². The standard InChI is InChI=1S/C13H15F4N/c14-12(15)13(16,17)8-18-11-7-3-5-9-4-1-2-6-10(9)11/h1-2,4,6,11-12,18H,3,5,7-8H2. The SMILES string of the molecule is FC(F)C(F)(F)CNC1CCCc2ccccc21. The van der Waals surface area contributed by atoms with Crippen molar-refractivity contribution in [3.8, 4) is 0 Å². The van der Waals surface area contributed by atoms with Gasteiger partial charge in [0, 0.05) is 6.04 Å². The molecule has 0 radical (unpaired) electrons. The second kappa shape index (κ2) is 5.26. The molecule has 0 saturated carbocycles. The summed E-state index contributed by atoms with van der Waals surface area (Å²) in [6, 6.07) is 7.31. The van der Waals surface area contributed by atoms with E-state index in [1.807, 2.05) is 24.3 Å². The maximum Gasteiger partial charge on any atom is 0.319 e. The number of alkyl halides is 4. The summed E-state index contributed by atoms with van der Waals surface area (Å²) in [6.07, 6.45) is -1.12. The quantitative estimate of drug-likeness (QED) is 0.817. The van der Waals surface area contributed by atoms with Crippen LogP contribution in [0.25, 0.3) is 0 Å². The molecular formula is C13H15F4N. The van der Waals surface area contributed by atoms with Gasteiger partial charge in [-0.2, -0.15) is 8.78 Å². The highest BCUT2D eigenvalue weighted by Gasteiger charge is 2.41. The lowest BCUT2D eigenvalue weighted by molar-refractivity contribution is -0.126. The lowest BCUT2D eigenvalue weighted by Crippen LogP contribution is -2.41. The predicted octanol–water partition coefficient (Wildman–Crippen LogP) is 3.55. The third kappa shape index (κ3) is 2.83. The first-order valence-electron chi connectivity index (χ1n) is 5.98. The van der Waals surface area contributed by atoms with Crippen LogP contribution in [-0.2, 0) is 6.42 Å². The Hall–Kier alpha value is -1.10. The summed E-state index contributed by atoms with van der Waals surface area (Å²) in [5, 5.41) is 2.57. The Bertz CT molecular complexity index is 406. The first kappa shape index (κ1) is 13.3. The Balaban J connectivity index is 2.04. The molecule has 18 heavy (non-hydrogen) atoms. The van der Waals surface area contributed by atoms with Crippen molar-refractivity contribution in [2.75, 3.05) is 6.54 Å². The second-order valence-corrected chi connectivity index (χ2v) is 4.59. The zero-order valence-corrected chi connectivity index (χ0v) is 9.80. The van der Waals surface area contributed by atoms with E-state index in [9.17, 15) is 17.6 Å². The van der Waals surface area contributed by atoms with E-state index >= 15 is 0 Å². The van der Waals surface area contributed by atoms with E-state index in [0.717, 1.165) is 24.0 Å². The number of hydrogen-bond donors (Lipinski definition) is 1. The van der Waals surface area contributed by atoms with E-state index < -0.39 is 18.9 Å². The molecule has 0 spiro atoms. The normalized spacial score (nSPS) is 19.9. The topological polar surface area (TPSA) is 12.0 Å². The zero-order chi connectivity index (χ0) is 13.2. The van der Waals surface area contributed by atoms with Crippen molar-refractivity contribution in [3.63, 3.8) is 0 Å². The van der Waals surface area contributed by atoms with Crippen molar-refractivity contribution in [2.24, 2.45) is 0 Å². The smallest absolute Gasteiger partial charge is 0.304 e. The summed E-state index contributed by atoms with van der Waals surface area (Å²) in [6.45, 7) is -0.982. The van der Waals surface area contributed by atoms with Crippen LogP contribution in [0, 0.1) is 0 Å². The molecular weight excluding hydrogens is 246 g/mol. The minimum Gasteiger partial charge on any atom is -0.304 e. The fraction of sp³-hybridized carbons (Fsp3) is 0.538. The molecule has 100 valence electrons. The molecule has 1 nitrogen and oxygen atoms in total. The number of benzene rings is 1. The van der Waals surface area contributed by atoms with Crippen LogP contribution in [-0.4, -0.2) is 18.9 Å². The van der Waals surface area contributed by atoms with Crippen LogP contribution in [0.4, 0.5) is 17.6 Å². The van der Waals surface area contributed by atoms with E-state index in [1.54, 1.807) is 0 Å². The molecule has 1 aromatic carbocycles. The molecule has 0 aliphatic heterocycles. The molecule has 0 bridgehead atoms. The highest BCUT2D eigenvalue weighted by atomic mass is 19.3. The fourth-order valence-corrected chi connectivity index (χ4v) is 2.30. The molecule has 1 aliphatic rings. The largest absolute Gasteiger partial charge is 0.319 e. The van der Waals surface area contributed by atoms with Crippen LogP contribution >= 0.6 is 0 Å². The maximum atomic E-state index is 12.9. The van der Waals surface area contributed by atoms with Gasteiger partial charge in [-0.05, 0) is 30.4 Å². The average molecular weight is 261 g/mol. The number of rotatable bonds is 4. The zero-order valence-electron chi connectivity index (χ0n) is 9.80. The highest BCUT2D eigenvalue weighted by Crippen LogP contribution is 2.30. The van der Waals surface area contributed by atoms with Gasteiger partial charge in [0.15, 0.2) is 0 Å². The minimum absolute atomic E-state index is 0.250. The molecule has 0 saturated heterocycles. The molecule has 1 aliphatic carbocycles. The number of halogens is 4. The average Bonchev–Trinajstić information content (AvgIpc) is 2.36. The van der Waals surface area contributed by atoms with Gasteiger partial charge in [-0.15, -0.1) is 0 Å². The second-order valence-electron chi connectivity index (χ2n) is 4.59. The third-order valence-electron chi connectivity index (χ3n) is 3.27. The van der Waals surface area contributed by atoms with Crippen LogP contribution in [0.3, 0.4) is 0 Å². The lowest BCUT2D eigenvalue weighted by atomic mass is 9.87. The Morgan fingerprint density at radius 1 is 1.28 bits per heavy atom. The van der Waals surface area contributed by atoms with E-state index in [0.29, 0.717) is 6.42 Å². The first-order chi connectivity index (χ1) is 8.50. The van der Waals surface area contributed by atoms with Gasteiger partial charge in [0.05, 0.1) is 6.54 Å². The molecule has 0 amide bonds. The van der Waals surface area contributed by atoms with Crippen molar-refractivity contribution in [3.05, 3.63) is 35.4 Å². The monoisotopic (exact) mass is 261 g/mol. The highest BCUT2D eigenvalue weighted by molar-refractivity contribution is 5.32. The Morgan fingerprint density at radius 3 is 2.72 bits per heavy atom. The van der Waals surface area contributed by atoms with E-state index in [-0.39, 0.29) is 6.04 Å². The van der Waals surface area contributed by atoms with Crippen LogP contribution in [0.2, 0.25) is 0 Å². The van der Waals surface area contributed by atoms with Gasteiger partial charge in [0.2, 0.25) is 0 Å². The summed E-state index contributed by atoms with van der Waals surface area (Å²) in [5.41, 5.74) is 2.07. The Morgan fingerprint density at radius 2 is 2.00 bits per heavy atom. The van der Waals surface area contributed by atoms with Gasteiger partial charge < -0.3 is 5.32 Å². The van der Waals surface area contributed by atoms with Crippen LogP contribution in [0.15, 0.2) is 24.3 Å². The van der Waals surface area contributed by atoms with Crippen molar-refractivity contribution in [1.29, 1.82) is 0 Å². The molecule has 0 heterocycles. The summed E-state index contributed by atoms with van der Waals surface area (Å²) >= 11 is 0.